The zero-order valence-electron chi connectivity index (χ0n) is 11.7. The van der Waals surface area contributed by atoms with Crippen molar-refractivity contribution in [1.29, 1.82) is 0 Å². The molecular formula is C13H14ClFN4O2. The highest BCUT2D eigenvalue weighted by Crippen LogP contribution is 2.37. The number of rotatable bonds is 5. The second-order valence-corrected chi connectivity index (χ2v) is 4.36. The minimum atomic E-state index is -0.594. The molecule has 0 aliphatic rings. The largest absolute Gasteiger partial charge is 0.495 e. The average Bonchev–Trinajstić information content (AvgIpc) is 2.49. The second-order valence-electron chi connectivity index (χ2n) is 3.95. The maximum absolute atomic E-state index is 13.8. The molecule has 1 aromatic heterocycles. The van der Waals surface area contributed by atoms with E-state index in [2.05, 4.69) is 20.6 Å². The van der Waals surface area contributed by atoms with E-state index < -0.39 is 5.82 Å². The minimum absolute atomic E-state index is 0.00823. The van der Waals surface area contributed by atoms with Crippen LogP contribution in [0.4, 0.5) is 21.8 Å². The van der Waals surface area contributed by atoms with Gasteiger partial charge in [0.25, 0.3) is 0 Å². The maximum atomic E-state index is 13.8. The molecule has 0 fully saturated rings. The number of aromatic nitrogens is 2. The van der Waals surface area contributed by atoms with Crippen LogP contribution in [0.2, 0.25) is 5.02 Å². The SMILES string of the molecule is CNc1ncc(F)c(Nc2cc(Cl)c(OC)cc2OC)n1. The molecule has 8 heteroatoms. The van der Waals surface area contributed by atoms with Crippen LogP contribution < -0.4 is 20.1 Å². The van der Waals surface area contributed by atoms with Crippen LogP contribution in [-0.2, 0) is 0 Å². The second kappa shape index (κ2) is 6.45. The Hall–Kier alpha value is -2.28. The first kappa shape index (κ1) is 15.1. The zero-order chi connectivity index (χ0) is 15.4. The first-order valence-electron chi connectivity index (χ1n) is 5.98. The van der Waals surface area contributed by atoms with Gasteiger partial charge in [0.2, 0.25) is 5.95 Å². The molecule has 1 heterocycles. The molecule has 6 nitrogen and oxygen atoms in total. The summed E-state index contributed by atoms with van der Waals surface area (Å²) < 4.78 is 24.1. The van der Waals surface area contributed by atoms with E-state index in [1.54, 1.807) is 19.2 Å². The summed E-state index contributed by atoms with van der Waals surface area (Å²) in [6.45, 7) is 0. The number of ether oxygens (including phenoxy) is 2. The van der Waals surface area contributed by atoms with Crippen molar-refractivity contribution < 1.29 is 13.9 Å². The van der Waals surface area contributed by atoms with Crippen molar-refractivity contribution in [1.82, 2.24) is 9.97 Å². The molecule has 0 bridgehead atoms. The number of hydrogen-bond donors (Lipinski definition) is 2. The third-order valence-electron chi connectivity index (χ3n) is 2.69. The molecule has 21 heavy (non-hydrogen) atoms. The lowest BCUT2D eigenvalue weighted by atomic mass is 10.2. The van der Waals surface area contributed by atoms with Crippen LogP contribution in [0.1, 0.15) is 0 Å². The molecule has 0 aliphatic heterocycles. The van der Waals surface area contributed by atoms with Crippen molar-refractivity contribution in [2.45, 2.75) is 0 Å². The predicted molar refractivity (Wildman–Crippen MR) is 79.4 cm³/mol. The predicted octanol–water partition coefficient (Wildman–Crippen LogP) is 3.07. The molecule has 0 aliphatic carbocycles. The van der Waals surface area contributed by atoms with E-state index in [1.807, 2.05) is 0 Å². The van der Waals surface area contributed by atoms with Gasteiger partial charge < -0.3 is 20.1 Å². The Kier molecular flexibility index (Phi) is 4.64. The number of nitrogens with zero attached hydrogens (tertiary/aromatic N) is 2. The highest BCUT2D eigenvalue weighted by molar-refractivity contribution is 6.32. The van der Waals surface area contributed by atoms with Crippen molar-refractivity contribution in [2.75, 3.05) is 31.9 Å². The van der Waals surface area contributed by atoms with E-state index >= 15 is 0 Å². The van der Waals surface area contributed by atoms with Gasteiger partial charge in [-0.2, -0.15) is 4.98 Å². The Bertz CT molecular complexity index is 654. The van der Waals surface area contributed by atoms with Crippen molar-refractivity contribution >= 4 is 29.1 Å². The fourth-order valence-electron chi connectivity index (χ4n) is 1.66. The van der Waals surface area contributed by atoms with E-state index in [4.69, 9.17) is 21.1 Å². The average molecular weight is 313 g/mol. The quantitative estimate of drug-likeness (QED) is 0.884. The van der Waals surface area contributed by atoms with E-state index in [-0.39, 0.29) is 11.8 Å². The van der Waals surface area contributed by atoms with Crippen LogP contribution >= 0.6 is 11.6 Å². The molecule has 0 saturated heterocycles. The molecule has 1 aromatic carbocycles. The lowest BCUT2D eigenvalue weighted by Gasteiger charge is -2.14. The summed E-state index contributed by atoms with van der Waals surface area (Å²) in [7, 11) is 4.63. The Balaban J connectivity index is 2.41. The summed E-state index contributed by atoms with van der Waals surface area (Å²) >= 11 is 6.06. The Morgan fingerprint density at radius 2 is 1.90 bits per heavy atom. The van der Waals surface area contributed by atoms with Crippen molar-refractivity contribution in [2.24, 2.45) is 0 Å². The highest BCUT2D eigenvalue weighted by Gasteiger charge is 2.13. The summed E-state index contributed by atoms with van der Waals surface area (Å²) in [5.41, 5.74) is 0.461. The van der Waals surface area contributed by atoms with Crippen LogP contribution in [0.25, 0.3) is 0 Å². The smallest absolute Gasteiger partial charge is 0.224 e. The maximum Gasteiger partial charge on any atom is 0.224 e. The standard InChI is InChI=1S/C13H14ClFN4O2/c1-16-13-17-6-8(15)12(19-13)18-9-4-7(14)10(20-2)5-11(9)21-3/h4-6H,1-3H3,(H2,16,17,18,19). The molecule has 2 rings (SSSR count). The Morgan fingerprint density at radius 1 is 1.19 bits per heavy atom. The molecule has 0 radical (unpaired) electrons. The van der Waals surface area contributed by atoms with E-state index in [0.717, 1.165) is 6.20 Å². The molecule has 0 spiro atoms. The molecular weight excluding hydrogens is 299 g/mol. The monoisotopic (exact) mass is 312 g/mol. The molecule has 2 N–H and O–H groups in total. The first-order chi connectivity index (χ1) is 10.1. The van der Waals surface area contributed by atoms with Crippen LogP contribution in [0.15, 0.2) is 18.3 Å². The van der Waals surface area contributed by atoms with E-state index in [0.29, 0.717) is 22.2 Å². The Morgan fingerprint density at radius 3 is 2.52 bits per heavy atom. The van der Waals surface area contributed by atoms with Crippen LogP contribution in [-0.4, -0.2) is 31.2 Å². The Labute approximate surface area is 126 Å². The molecule has 0 saturated carbocycles. The van der Waals surface area contributed by atoms with Crippen LogP contribution in [0.5, 0.6) is 11.5 Å². The number of halogens is 2. The highest BCUT2D eigenvalue weighted by atomic mass is 35.5. The van der Waals surface area contributed by atoms with Gasteiger partial charge in [0.1, 0.15) is 11.5 Å². The fraction of sp³-hybridized carbons (Fsp3) is 0.231. The third-order valence-corrected chi connectivity index (χ3v) is 2.99. The summed E-state index contributed by atoms with van der Waals surface area (Å²) in [5.74, 6) is 0.604. The lowest BCUT2D eigenvalue weighted by Crippen LogP contribution is -2.04. The number of hydrogen-bond acceptors (Lipinski definition) is 6. The van der Waals surface area contributed by atoms with Crippen molar-refractivity contribution in [3.05, 3.63) is 29.2 Å². The van der Waals surface area contributed by atoms with Gasteiger partial charge in [-0.1, -0.05) is 11.6 Å². The zero-order valence-corrected chi connectivity index (χ0v) is 12.5. The van der Waals surface area contributed by atoms with Crippen molar-refractivity contribution in [3.8, 4) is 11.5 Å². The third kappa shape index (κ3) is 3.25. The topological polar surface area (TPSA) is 68.3 Å². The number of nitrogens with one attached hydrogen (secondary N) is 2. The van der Waals surface area contributed by atoms with Gasteiger partial charge in [-0.25, -0.2) is 9.37 Å². The fourth-order valence-corrected chi connectivity index (χ4v) is 1.90. The summed E-state index contributed by atoms with van der Waals surface area (Å²) in [6.07, 6.45) is 1.07. The summed E-state index contributed by atoms with van der Waals surface area (Å²) in [4.78, 5) is 7.77. The summed E-state index contributed by atoms with van der Waals surface area (Å²) in [5, 5.41) is 5.92. The van der Waals surface area contributed by atoms with Gasteiger partial charge in [0, 0.05) is 13.1 Å². The molecule has 112 valence electrons. The lowest BCUT2D eigenvalue weighted by molar-refractivity contribution is 0.395. The molecule has 2 aromatic rings. The molecule has 0 unspecified atom stereocenters. The van der Waals surface area contributed by atoms with Gasteiger partial charge in [0.15, 0.2) is 11.6 Å². The first-order valence-corrected chi connectivity index (χ1v) is 6.35. The van der Waals surface area contributed by atoms with Gasteiger partial charge in [-0.15, -0.1) is 0 Å². The van der Waals surface area contributed by atoms with Gasteiger partial charge in [-0.3, -0.25) is 0 Å². The van der Waals surface area contributed by atoms with Gasteiger partial charge in [-0.05, 0) is 6.07 Å². The molecule has 0 atom stereocenters. The number of benzene rings is 1. The minimum Gasteiger partial charge on any atom is -0.495 e. The van der Waals surface area contributed by atoms with E-state index in [1.165, 1.54) is 14.2 Å². The normalized spacial score (nSPS) is 10.1. The summed E-state index contributed by atoms with van der Waals surface area (Å²) in [6, 6.07) is 3.17. The number of methoxy groups -OCH3 is 2. The van der Waals surface area contributed by atoms with Gasteiger partial charge in [0.05, 0.1) is 31.1 Å². The van der Waals surface area contributed by atoms with Crippen molar-refractivity contribution in [3.63, 3.8) is 0 Å². The molecule has 0 amide bonds. The number of anilines is 3. The van der Waals surface area contributed by atoms with Crippen LogP contribution in [0, 0.1) is 5.82 Å². The van der Waals surface area contributed by atoms with Crippen LogP contribution in [0.3, 0.4) is 0 Å². The van der Waals surface area contributed by atoms with Gasteiger partial charge >= 0.3 is 0 Å². The van der Waals surface area contributed by atoms with E-state index in [9.17, 15) is 4.39 Å².